The number of anilines is 1. The van der Waals surface area contributed by atoms with Crippen LogP contribution in [0.15, 0.2) is 72.8 Å². The normalized spacial score (nSPS) is 11.3. The van der Waals surface area contributed by atoms with Crippen molar-refractivity contribution in [1.29, 1.82) is 0 Å². The lowest BCUT2D eigenvalue weighted by atomic mass is 10.1. The van der Waals surface area contributed by atoms with Gasteiger partial charge in [-0.2, -0.15) is 0 Å². The molecule has 35 heavy (non-hydrogen) atoms. The van der Waals surface area contributed by atoms with Crippen LogP contribution in [-0.4, -0.2) is 35.2 Å². The third kappa shape index (κ3) is 6.45. The van der Waals surface area contributed by atoms with Crippen LogP contribution in [0.3, 0.4) is 0 Å². The number of aliphatic carboxylic acids is 1. The molecule has 1 heterocycles. The summed E-state index contributed by atoms with van der Waals surface area (Å²) in [6.07, 6.45) is 1.63. The summed E-state index contributed by atoms with van der Waals surface area (Å²) in [5.41, 5.74) is 2.85. The molecule has 0 bridgehead atoms. The van der Waals surface area contributed by atoms with Crippen LogP contribution in [0.25, 0.3) is 21.9 Å². The molecule has 0 atom stereocenters. The van der Waals surface area contributed by atoms with E-state index in [1.165, 1.54) is 11.3 Å². The van der Waals surface area contributed by atoms with E-state index in [0.29, 0.717) is 34.4 Å². The Bertz CT molecular complexity index is 1330. The van der Waals surface area contributed by atoms with Crippen LogP contribution in [0.4, 0.5) is 5.69 Å². The average molecular weight is 489 g/mol. The molecule has 178 valence electrons. The number of carboxylic acids is 1. The first-order chi connectivity index (χ1) is 17.0. The predicted molar refractivity (Wildman–Crippen MR) is 138 cm³/mol. The van der Waals surface area contributed by atoms with E-state index >= 15 is 0 Å². The molecule has 1 amide bonds. The topological polar surface area (TPSA) is 97.8 Å². The van der Waals surface area contributed by atoms with E-state index in [0.717, 1.165) is 15.8 Å². The molecule has 0 saturated carbocycles. The lowest BCUT2D eigenvalue weighted by Crippen LogP contribution is -2.20. The van der Waals surface area contributed by atoms with Crippen molar-refractivity contribution in [3.05, 3.63) is 83.4 Å². The van der Waals surface area contributed by atoms with E-state index in [-0.39, 0.29) is 18.9 Å². The first-order valence-electron chi connectivity index (χ1n) is 11.0. The summed E-state index contributed by atoms with van der Waals surface area (Å²) in [7, 11) is 0. The molecule has 3 aromatic carbocycles. The third-order valence-electron chi connectivity index (χ3n) is 4.94. The van der Waals surface area contributed by atoms with Crippen LogP contribution in [0.5, 0.6) is 11.5 Å². The molecule has 1 aromatic heterocycles. The molecule has 0 spiro atoms. The van der Waals surface area contributed by atoms with Gasteiger partial charge in [0, 0.05) is 5.69 Å². The summed E-state index contributed by atoms with van der Waals surface area (Å²) in [5.74, 6) is -0.341. The second-order valence-electron chi connectivity index (χ2n) is 7.57. The fourth-order valence-electron chi connectivity index (χ4n) is 3.43. The Hall–Kier alpha value is -4.17. The lowest BCUT2D eigenvalue weighted by molar-refractivity contribution is -0.135. The summed E-state index contributed by atoms with van der Waals surface area (Å²) in [5, 5.41) is 12.9. The number of carbonyl (C=O) groups excluding carboxylic acids is 1. The highest BCUT2D eigenvalue weighted by Gasteiger charge is 2.14. The first kappa shape index (κ1) is 24.0. The second kappa shape index (κ2) is 11.3. The summed E-state index contributed by atoms with van der Waals surface area (Å²) in [6.45, 7) is 2.07. The molecule has 0 aliphatic carbocycles. The van der Waals surface area contributed by atoms with Crippen molar-refractivity contribution in [3.8, 4) is 11.5 Å². The molecule has 0 radical (unpaired) electrons. The highest BCUT2D eigenvalue weighted by Crippen LogP contribution is 2.33. The third-order valence-corrected chi connectivity index (χ3v) is 6.05. The van der Waals surface area contributed by atoms with Crippen molar-refractivity contribution < 1.29 is 24.2 Å². The number of benzene rings is 3. The number of nitrogens with zero attached hydrogens (tertiary/aromatic N) is 1. The number of ether oxygens (including phenoxy) is 2. The summed E-state index contributed by atoms with van der Waals surface area (Å²) in [4.78, 5) is 28.4. The maximum Gasteiger partial charge on any atom is 0.307 e. The van der Waals surface area contributed by atoms with Crippen LogP contribution in [0, 0.1) is 0 Å². The first-order valence-corrected chi connectivity index (χ1v) is 11.9. The zero-order chi connectivity index (χ0) is 24.6. The minimum atomic E-state index is -0.940. The number of nitrogens with one attached hydrogen (secondary N) is 1. The number of para-hydroxylation sites is 2. The number of rotatable bonds is 10. The van der Waals surface area contributed by atoms with Gasteiger partial charge in [-0.1, -0.05) is 36.4 Å². The number of carbonyl (C=O) groups is 2. The molecule has 0 saturated heterocycles. The minimum Gasteiger partial charge on any atom is -0.490 e. The summed E-state index contributed by atoms with van der Waals surface area (Å²) >= 11 is 1.45. The van der Waals surface area contributed by atoms with Crippen LogP contribution < -0.4 is 14.8 Å². The number of aromatic nitrogens is 1. The largest absolute Gasteiger partial charge is 0.490 e. The van der Waals surface area contributed by atoms with E-state index < -0.39 is 5.97 Å². The Morgan fingerprint density at radius 3 is 2.51 bits per heavy atom. The summed E-state index contributed by atoms with van der Waals surface area (Å²) < 4.78 is 12.4. The van der Waals surface area contributed by atoms with Crippen LogP contribution >= 0.6 is 11.3 Å². The van der Waals surface area contributed by atoms with Gasteiger partial charge < -0.3 is 19.9 Å². The number of hydrogen-bond acceptors (Lipinski definition) is 6. The van der Waals surface area contributed by atoms with E-state index in [1.807, 2.05) is 49.4 Å². The monoisotopic (exact) mass is 488 g/mol. The molecule has 0 fully saturated rings. The zero-order valence-electron chi connectivity index (χ0n) is 19.1. The van der Waals surface area contributed by atoms with Crippen LogP contribution in [0.2, 0.25) is 0 Å². The Kier molecular flexibility index (Phi) is 7.74. The molecular formula is C27H24N2O5S. The number of amides is 1. The van der Waals surface area contributed by atoms with Gasteiger partial charge in [-0.25, -0.2) is 4.98 Å². The minimum absolute atomic E-state index is 0.165. The fraction of sp³-hybridized carbons (Fsp3) is 0.148. The van der Waals surface area contributed by atoms with Crippen molar-refractivity contribution in [3.63, 3.8) is 0 Å². The molecule has 2 N–H and O–H groups in total. The van der Waals surface area contributed by atoms with Crippen LogP contribution in [-0.2, 0) is 9.59 Å². The van der Waals surface area contributed by atoms with Gasteiger partial charge in [-0.15, -0.1) is 11.3 Å². The van der Waals surface area contributed by atoms with E-state index in [1.54, 1.807) is 36.4 Å². The average Bonchev–Trinajstić information content (AvgIpc) is 3.28. The highest BCUT2D eigenvalue weighted by molar-refractivity contribution is 7.19. The number of fused-ring (bicyclic) bond motifs is 1. The standard InChI is InChI=1S/C27H24N2O5S/c1-2-33-23-15-18(12-13-22(23)34-17-25(30)28-20-8-4-3-5-9-20)14-19(16-26(31)32)27-29-21-10-6-7-11-24(21)35-27/h3-15H,2,16-17H2,1H3,(H,28,30)(H,31,32). The van der Waals surface area contributed by atoms with Gasteiger partial charge in [0.2, 0.25) is 0 Å². The molecule has 7 nitrogen and oxygen atoms in total. The molecule has 0 aliphatic heterocycles. The Balaban J connectivity index is 1.55. The molecule has 4 rings (SSSR count). The van der Waals surface area contributed by atoms with Crippen molar-refractivity contribution in [2.24, 2.45) is 0 Å². The van der Waals surface area contributed by atoms with Crippen molar-refractivity contribution in [2.75, 3.05) is 18.5 Å². The second-order valence-corrected chi connectivity index (χ2v) is 8.60. The van der Waals surface area contributed by atoms with E-state index in [2.05, 4.69) is 10.3 Å². The predicted octanol–water partition coefficient (Wildman–Crippen LogP) is 5.73. The zero-order valence-corrected chi connectivity index (χ0v) is 19.9. The SMILES string of the molecule is CCOc1cc(C=C(CC(=O)O)c2nc3ccccc3s2)ccc1OCC(=O)Nc1ccccc1. The van der Waals surface area contributed by atoms with E-state index in [9.17, 15) is 14.7 Å². The van der Waals surface area contributed by atoms with Crippen LogP contribution in [0.1, 0.15) is 23.9 Å². The molecule has 8 heteroatoms. The van der Waals surface area contributed by atoms with Gasteiger partial charge in [-0.05, 0) is 60.5 Å². The Morgan fingerprint density at radius 2 is 1.77 bits per heavy atom. The van der Waals surface area contributed by atoms with Crippen molar-refractivity contribution in [1.82, 2.24) is 4.98 Å². The molecule has 0 unspecified atom stereocenters. The van der Waals surface area contributed by atoms with Gasteiger partial charge in [0.25, 0.3) is 5.91 Å². The van der Waals surface area contributed by atoms with Crippen molar-refractivity contribution >= 4 is 50.8 Å². The van der Waals surface area contributed by atoms with Crippen molar-refractivity contribution in [2.45, 2.75) is 13.3 Å². The number of hydrogen-bond donors (Lipinski definition) is 2. The fourth-order valence-corrected chi connectivity index (χ4v) is 4.41. The molecule has 0 aliphatic rings. The smallest absolute Gasteiger partial charge is 0.307 e. The highest BCUT2D eigenvalue weighted by atomic mass is 32.1. The van der Waals surface area contributed by atoms with E-state index in [4.69, 9.17) is 9.47 Å². The Labute approximate surface area is 206 Å². The lowest BCUT2D eigenvalue weighted by Gasteiger charge is -2.13. The maximum absolute atomic E-state index is 12.3. The molecule has 4 aromatic rings. The number of carboxylic acid groups (broad SMARTS) is 1. The van der Waals surface area contributed by atoms with Gasteiger partial charge in [0.1, 0.15) is 5.01 Å². The van der Waals surface area contributed by atoms with Gasteiger partial charge in [0.05, 0.1) is 23.2 Å². The van der Waals surface area contributed by atoms with Gasteiger partial charge in [-0.3, -0.25) is 9.59 Å². The maximum atomic E-state index is 12.3. The van der Waals surface area contributed by atoms with Gasteiger partial charge >= 0.3 is 5.97 Å². The molecular weight excluding hydrogens is 464 g/mol. The quantitative estimate of drug-likeness (QED) is 0.296. The summed E-state index contributed by atoms with van der Waals surface area (Å²) in [6, 6.07) is 22.1. The van der Waals surface area contributed by atoms with Gasteiger partial charge in [0.15, 0.2) is 18.1 Å². The Morgan fingerprint density at radius 1 is 1.00 bits per heavy atom. The number of thiazole rings is 1.